The number of primary amides is 2. The summed E-state index contributed by atoms with van der Waals surface area (Å²) in [6.07, 6.45) is 11.5. The van der Waals surface area contributed by atoms with Crippen LogP contribution in [0.3, 0.4) is 0 Å². The normalized spacial score (nSPS) is 14.0. The van der Waals surface area contributed by atoms with Crippen molar-refractivity contribution >= 4 is 116 Å². The van der Waals surface area contributed by atoms with Gasteiger partial charge in [0.15, 0.2) is 49.7 Å². The number of nitriles is 1. The summed E-state index contributed by atoms with van der Waals surface area (Å²) in [4.78, 5) is 60.6. The van der Waals surface area contributed by atoms with Crippen LogP contribution in [0.15, 0.2) is 49.1 Å². The molecule has 10 N–H and O–H groups in total. The van der Waals surface area contributed by atoms with Crippen LogP contribution in [-0.4, -0.2) is 158 Å². The number of ether oxygens (including phenoxy) is 5. The third-order valence-electron chi connectivity index (χ3n) is 11.7. The summed E-state index contributed by atoms with van der Waals surface area (Å²) in [5, 5.41) is 51.8. The van der Waals surface area contributed by atoms with Crippen molar-refractivity contribution in [3.8, 4) is 6.07 Å². The predicted octanol–water partition coefficient (Wildman–Crippen LogP) is 5.92. The van der Waals surface area contributed by atoms with Crippen LogP contribution in [-0.2, 0) is 23.7 Å². The average molecular weight is 1250 g/mol. The number of anilines is 6. The summed E-state index contributed by atoms with van der Waals surface area (Å²) in [6.45, 7) is 6.79. The maximum Gasteiger partial charge on any atom is 0.360 e. The zero-order valence-corrected chi connectivity index (χ0v) is 48.3. The fraction of sp³-hybridized carbons (Fsp3) is 0.408. The molecule has 2 amide bonds. The monoisotopic (exact) mass is 1240 g/mol. The van der Waals surface area contributed by atoms with Gasteiger partial charge < -0.3 is 62.2 Å². The number of hydrogen-bond acceptors (Lipinski definition) is 27. The number of halogens is 5. The predicted molar refractivity (Wildman–Crippen MR) is 305 cm³/mol. The molecule has 0 bridgehead atoms. The van der Waals surface area contributed by atoms with E-state index in [0.29, 0.717) is 64.0 Å². The Labute approximate surface area is 500 Å². The van der Waals surface area contributed by atoms with E-state index < -0.39 is 23.8 Å². The van der Waals surface area contributed by atoms with Crippen LogP contribution in [0.2, 0.25) is 25.6 Å². The Morgan fingerprint density at radius 1 is 0.530 bits per heavy atom. The van der Waals surface area contributed by atoms with E-state index in [1.165, 1.54) is 45.1 Å². The lowest BCUT2D eigenvalue weighted by Gasteiger charge is -2.23. The summed E-state index contributed by atoms with van der Waals surface area (Å²) in [7, 11) is 2.54. The van der Waals surface area contributed by atoms with Gasteiger partial charge in [-0.2, -0.15) is 5.26 Å². The van der Waals surface area contributed by atoms with Gasteiger partial charge in [0.05, 0.1) is 61.1 Å². The van der Waals surface area contributed by atoms with Crippen molar-refractivity contribution in [3.05, 3.63) is 103 Å². The van der Waals surface area contributed by atoms with Crippen LogP contribution in [0.5, 0.6) is 0 Å². The Morgan fingerprint density at radius 3 is 1.37 bits per heavy atom. The first-order chi connectivity index (χ1) is 40.0. The van der Waals surface area contributed by atoms with Gasteiger partial charge in [-0.1, -0.05) is 58.0 Å². The second-order valence-corrected chi connectivity index (χ2v) is 19.5. The van der Waals surface area contributed by atoms with Crippen LogP contribution >= 0.6 is 58.0 Å². The SMILES string of the molecule is COC(=O)c1nnc(Cl)cc1Cl.COC(=O)c1nnc(Cl)cc1NCC1CCOCC1.N#Cc1cnc(Nc2cc(NCC3CCOCC3)c(C(N)=O)nn2)cn1.NC(=O)c1nnc(Cl)cc1NCC1CCOCC1.Nc1cnc(Cl)cn1. The first-order valence-electron chi connectivity index (χ1n) is 25.0. The molecule has 0 spiro atoms. The Balaban J connectivity index is 0.000000199. The van der Waals surface area contributed by atoms with Gasteiger partial charge in [0, 0.05) is 77.5 Å². The highest BCUT2D eigenvalue weighted by Crippen LogP contribution is 2.24. The summed E-state index contributed by atoms with van der Waals surface area (Å²) in [5.41, 5.74) is 17.9. The van der Waals surface area contributed by atoms with E-state index in [-0.39, 0.29) is 49.0 Å². The van der Waals surface area contributed by atoms with Crippen LogP contribution in [0.1, 0.15) is 86.2 Å². The van der Waals surface area contributed by atoms with Gasteiger partial charge in [0.25, 0.3) is 11.8 Å². The maximum absolute atomic E-state index is 11.6. The summed E-state index contributed by atoms with van der Waals surface area (Å²) in [5.74, 6) is 0.225. The standard InChI is InChI=1S/C16H18N8O2.C12H16ClN3O3.C11H15ClN4O2.C6H4Cl2N2O2.C4H4ClN3/c17-6-11-8-21-14(9-19-11)22-13-5-12(15(16(18)25)24-23-13)20-7-10-1-3-26-4-2-10;1-18-12(17)11-9(6-10(13)15-16-11)14-7-8-2-4-19-5-3-8;12-9-5-8(10(11(13)17)16-15-9)14-6-7-1-3-18-4-2-7;1-12-6(11)5-3(7)2-4(8)9-10-5;5-3-1-8-4(6)2-7-3/h5,8-10H,1-4,7H2,(H2,18,25)(H2,20,21,22,23);6,8H,2-5,7H2,1H3,(H,14,15);5,7H,1-4,6H2,(H2,13,17)(H,14,15);2H,1H3;1-2H,(H2,6,8). The van der Waals surface area contributed by atoms with Crippen LogP contribution in [0.25, 0.3) is 0 Å². The fourth-order valence-corrected chi connectivity index (χ4v) is 8.12. The summed E-state index contributed by atoms with van der Waals surface area (Å²) in [6, 6.07) is 8.01. The zero-order chi connectivity index (χ0) is 60.1. The zero-order valence-electron chi connectivity index (χ0n) is 44.6. The Kier molecular flexibility index (Phi) is 28.0. The molecular formula is C49H57Cl5N20O9. The molecule has 0 unspecified atom stereocenters. The van der Waals surface area contributed by atoms with Gasteiger partial charge in [0.2, 0.25) is 0 Å². The molecule has 0 radical (unpaired) electrons. The van der Waals surface area contributed by atoms with Crippen molar-refractivity contribution < 1.29 is 42.9 Å². The number of rotatable bonds is 15. The first kappa shape index (κ1) is 66.0. The minimum atomic E-state index is -0.656. The second-order valence-electron chi connectivity index (χ2n) is 17.5. The van der Waals surface area contributed by atoms with E-state index in [2.05, 4.69) is 91.5 Å². The number of amides is 2. The van der Waals surface area contributed by atoms with E-state index in [9.17, 15) is 19.2 Å². The third-order valence-corrected chi connectivity index (χ3v) is 12.7. The average Bonchev–Trinajstić information content (AvgIpc) is 3.62. The smallest absolute Gasteiger partial charge is 0.360 e. The number of hydrogen-bond donors (Lipinski definition) is 7. The summed E-state index contributed by atoms with van der Waals surface area (Å²) >= 11 is 28.0. The molecule has 0 aromatic carbocycles. The lowest BCUT2D eigenvalue weighted by atomic mass is 10.0. The molecule has 9 rings (SSSR count). The highest BCUT2D eigenvalue weighted by molar-refractivity contribution is 6.35. The first-order valence-corrected chi connectivity index (χ1v) is 26.9. The minimum absolute atomic E-state index is 0.0384. The quantitative estimate of drug-likeness (QED) is 0.0586. The number of carbonyl (C=O) groups excluding carboxylic acids is 4. The number of nitrogens with zero attached hydrogens (tertiary/aromatic N) is 13. The van der Waals surface area contributed by atoms with Crippen molar-refractivity contribution in [2.45, 2.75) is 38.5 Å². The molecule has 29 nitrogen and oxygen atoms in total. The maximum atomic E-state index is 11.6. The molecule has 3 fully saturated rings. The number of carbonyl (C=O) groups is 4. The number of nitrogen functional groups attached to an aromatic ring is 1. The number of esters is 2. The molecule has 0 atom stereocenters. The van der Waals surface area contributed by atoms with E-state index in [0.717, 1.165) is 91.3 Å². The molecule has 3 aliphatic heterocycles. The van der Waals surface area contributed by atoms with Gasteiger partial charge in [-0.3, -0.25) is 9.59 Å². The van der Waals surface area contributed by atoms with Gasteiger partial charge in [0.1, 0.15) is 22.9 Å². The fourth-order valence-electron chi connectivity index (χ4n) is 7.31. The Hall–Kier alpha value is -7.82. The molecule has 3 aliphatic rings. The van der Waals surface area contributed by atoms with Crippen LogP contribution in [0.4, 0.5) is 34.5 Å². The van der Waals surface area contributed by atoms with E-state index in [4.69, 9.17) is 94.7 Å². The van der Waals surface area contributed by atoms with Crippen molar-refractivity contribution in [1.82, 2.24) is 60.7 Å². The molecular weight excluding hydrogens is 1190 g/mol. The Bertz CT molecular complexity index is 3080. The molecule has 6 aromatic rings. The van der Waals surface area contributed by atoms with Gasteiger partial charge >= 0.3 is 11.9 Å². The van der Waals surface area contributed by atoms with Crippen LogP contribution in [0, 0.1) is 29.1 Å². The molecule has 0 aliphatic carbocycles. The molecule has 0 saturated carbocycles. The molecule has 3 saturated heterocycles. The lowest BCUT2D eigenvalue weighted by molar-refractivity contribution is 0.0584. The number of nitrogens with two attached hydrogens (primary N) is 3. The number of aromatic nitrogens is 12. The van der Waals surface area contributed by atoms with Gasteiger partial charge in [-0.15, -0.1) is 40.8 Å². The summed E-state index contributed by atoms with van der Waals surface area (Å²) < 4.78 is 25.0. The van der Waals surface area contributed by atoms with Crippen LogP contribution < -0.4 is 38.5 Å². The van der Waals surface area contributed by atoms with Gasteiger partial charge in [-0.05, 0) is 62.3 Å². The largest absolute Gasteiger partial charge is 0.464 e. The van der Waals surface area contributed by atoms with E-state index >= 15 is 0 Å². The molecule has 6 aromatic heterocycles. The minimum Gasteiger partial charge on any atom is -0.464 e. The number of methoxy groups -OCH3 is 2. The Morgan fingerprint density at radius 2 is 0.964 bits per heavy atom. The topological polar surface area (TPSA) is 419 Å². The highest BCUT2D eigenvalue weighted by atomic mass is 35.5. The molecule has 83 heavy (non-hydrogen) atoms. The van der Waals surface area contributed by atoms with E-state index in [1.807, 2.05) is 6.07 Å². The van der Waals surface area contributed by atoms with E-state index in [1.54, 1.807) is 18.2 Å². The second kappa shape index (κ2) is 35.2. The molecule has 9 heterocycles. The molecule has 34 heteroatoms. The number of nitrogens with one attached hydrogen (secondary N) is 4. The van der Waals surface area contributed by atoms with Gasteiger partial charge in [-0.25, -0.2) is 29.5 Å². The van der Waals surface area contributed by atoms with Crippen molar-refractivity contribution in [2.24, 2.45) is 29.2 Å². The van der Waals surface area contributed by atoms with Crippen molar-refractivity contribution in [3.63, 3.8) is 0 Å². The molecule has 442 valence electrons. The van der Waals surface area contributed by atoms with Crippen molar-refractivity contribution in [2.75, 3.05) is 100 Å². The lowest BCUT2D eigenvalue weighted by Crippen LogP contribution is -2.24. The highest BCUT2D eigenvalue weighted by Gasteiger charge is 2.21. The van der Waals surface area contributed by atoms with Crippen molar-refractivity contribution in [1.29, 1.82) is 5.26 Å². The third kappa shape index (κ3) is 23.2.